The average Bonchev–Trinajstić information content (AvgIpc) is 2.68. The molecule has 1 saturated carbocycles. The lowest BCUT2D eigenvalue weighted by molar-refractivity contribution is -0.126. The molecule has 0 aliphatic heterocycles. The summed E-state index contributed by atoms with van der Waals surface area (Å²) in [6, 6.07) is 0.209. The van der Waals surface area contributed by atoms with Gasteiger partial charge in [-0.05, 0) is 26.7 Å². The molecular formula is C12H21Cl2NO. The second-order valence-corrected chi connectivity index (χ2v) is 6.57. The quantitative estimate of drug-likeness (QED) is 0.577. The summed E-state index contributed by atoms with van der Waals surface area (Å²) in [5.41, 5.74) is -0.588. The van der Waals surface area contributed by atoms with E-state index < -0.39 is 9.75 Å². The van der Waals surface area contributed by atoms with Crippen molar-refractivity contribution in [2.45, 2.75) is 63.3 Å². The molecule has 1 N–H and O–H groups in total. The number of rotatable bonds is 6. The van der Waals surface area contributed by atoms with Gasteiger partial charge in [0.15, 0.2) is 0 Å². The molecule has 0 spiro atoms. The van der Waals surface area contributed by atoms with Crippen LogP contribution in [0.25, 0.3) is 0 Å². The number of carbonyl (C=O) groups is 1. The molecule has 0 heterocycles. The van der Waals surface area contributed by atoms with Crippen LogP contribution < -0.4 is 5.32 Å². The van der Waals surface area contributed by atoms with Gasteiger partial charge in [0.25, 0.3) is 0 Å². The molecule has 16 heavy (non-hydrogen) atoms. The lowest BCUT2D eigenvalue weighted by Gasteiger charge is -2.18. The average molecular weight is 266 g/mol. The molecule has 0 saturated heterocycles. The largest absolute Gasteiger partial charge is 0.353 e. The zero-order valence-corrected chi connectivity index (χ0v) is 11.8. The van der Waals surface area contributed by atoms with Crippen LogP contribution in [-0.2, 0) is 4.79 Å². The van der Waals surface area contributed by atoms with Crippen LogP contribution in [0.4, 0.5) is 0 Å². The molecule has 94 valence electrons. The van der Waals surface area contributed by atoms with Gasteiger partial charge in [-0.1, -0.05) is 26.2 Å². The fraction of sp³-hybridized carbons (Fsp3) is 0.917. The second-order valence-electron chi connectivity index (χ2n) is 5.08. The normalized spacial score (nSPS) is 28.6. The highest BCUT2D eigenvalue weighted by atomic mass is 35.5. The second kappa shape index (κ2) is 5.14. The highest BCUT2D eigenvalue weighted by molar-refractivity contribution is 6.53. The van der Waals surface area contributed by atoms with Crippen molar-refractivity contribution in [3.8, 4) is 0 Å². The van der Waals surface area contributed by atoms with E-state index in [4.69, 9.17) is 23.2 Å². The molecule has 0 aromatic rings. The molecular weight excluding hydrogens is 245 g/mol. The number of unbranched alkanes of at least 4 members (excludes halogenated alkanes) is 2. The first-order valence-corrected chi connectivity index (χ1v) is 6.78. The van der Waals surface area contributed by atoms with Crippen molar-refractivity contribution in [3.63, 3.8) is 0 Å². The van der Waals surface area contributed by atoms with Gasteiger partial charge in [-0.15, -0.1) is 23.2 Å². The predicted molar refractivity (Wildman–Crippen MR) is 68.9 cm³/mol. The zero-order valence-electron chi connectivity index (χ0n) is 10.3. The van der Waals surface area contributed by atoms with E-state index in [1.54, 1.807) is 0 Å². The molecule has 1 fully saturated rings. The molecule has 0 radical (unpaired) electrons. The third-order valence-electron chi connectivity index (χ3n) is 3.38. The number of carbonyl (C=O) groups excluding carboxylic acids is 1. The molecule has 1 aliphatic rings. The SMILES string of the molecule is CCCCC[C@H](C)NC(=O)[C@@]1(C)CC1(Cl)Cl. The third-order valence-corrected chi connectivity index (χ3v) is 4.48. The fourth-order valence-electron chi connectivity index (χ4n) is 1.80. The number of alkyl halides is 2. The Kier molecular flexibility index (Phi) is 4.53. The van der Waals surface area contributed by atoms with E-state index in [9.17, 15) is 4.79 Å². The Labute approximate surface area is 108 Å². The summed E-state index contributed by atoms with van der Waals surface area (Å²) in [5.74, 6) is -0.0125. The summed E-state index contributed by atoms with van der Waals surface area (Å²) in [6.45, 7) is 6.02. The van der Waals surface area contributed by atoms with Crippen LogP contribution in [0.1, 0.15) is 52.9 Å². The van der Waals surface area contributed by atoms with E-state index >= 15 is 0 Å². The van der Waals surface area contributed by atoms with Crippen LogP contribution in [0.3, 0.4) is 0 Å². The molecule has 1 amide bonds. The molecule has 0 bridgehead atoms. The standard InChI is InChI=1S/C12H21Cl2NO/c1-4-5-6-7-9(2)15-10(16)11(3)8-12(11,13)14/h9H,4-8H2,1-3H3,(H,15,16)/t9-,11+/m0/s1. The van der Waals surface area contributed by atoms with Gasteiger partial charge in [0, 0.05) is 6.04 Å². The third kappa shape index (κ3) is 3.04. The molecule has 0 aromatic carbocycles. The zero-order chi connectivity index (χ0) is 12.4. The van der Waals surface area contributed by atoms with Crippen LogP contribution in [0.5, 0.6) is 0 Å². The minimum atomic E-state index is -0.861. The topological polar surface area (TPSA) is 29.1 Å². The summed E-state index contributed by atoms with van der Waals surface area (Å²) < 4.78 is -0.861. The van der Waals surface area contributed by atoms with E-state index in [1.165, 1.54) is 12.8 Å². The maximum Gasteiger partial charge on any atom is 0.229 e. The van der Waals surface area contributed by atoms with Gasteiger partial charge in [0.2, 0.25) is 5.91 Å². The minimum absolute atomic E-state index is 0.0125. The monoisotopic (exact) mass is 265 g/mol. The number of hydrogen-bond donors (Lipinski definition) is 1. The highest BCUT2D eigenvalue weighted by Gasteiger charge is 2.67. The summed E-state index contributed by atoms with van der Waals surface area (Å²) in [7, 11) is 0. The molecule has 0 unspecified atom stereocenters. The predicted octanol–water partition coefficient (Wildman–Crippen LogP) is 3.66. The first-order chi connectivity index (χ1) is 7.33. The fourth-order valence-corrected chi connectivity index (χ4v) is 2.51. The van der Waals surface area contributed by atoms with Gasteiger partial charge in [0.1, 0.15) is 4.33 Å². The van der Waals surface area contributed by atoms with E-state index in [1.807, 2.05) is 13.8 Å². The van der Waals surface area contributed by atoms with Crippen molar-refractivity contribution < 1.29 is 4.79 Å². The van der Waals surface area contributed by atoms with E-state index in [0.717, 1.165) is 12.8 Å². The van der Waals surface area contributed by atoms with Crippen LogP contribution in [-0.4, -0.2) is 16.3 Å². The number of hydrogen-bond acceptors (Lipinski definition) is 1. The van der Waals surface area contributed by atoms with Gasteiger partial charge in [-0.2, -0.15) is 0 Å². The Balaban J connectivity index is 2.30. The smallest absolute Gasteiger partial charge is 0.229 e. The lowest BCUT2D eigenvalue weighted by atomic mass is 10.1. The summed E-state index contributed by atoms with van der Waals surface area (Å²) >= 11 is 11.9. The van der Waals surface area contributed by atoms with Gasteiger partial charge in [-0.25, -0.2) is 0 Å². The maximum absolute atomic E-state index is 11.9. The van der Waals surface area contributed by atoms with Gasteiger partial charge < -0.3 is 5.32 Å². The Bertz CT molecular complexity index is 268. The van der Waals surface area contributed by atoms with Gasteiger partial charge >= 0.3 is 0 Å². The Morgan fingerprint density at radius 1 is 1.44 bits per heavy atom. The van der Waals surface area contributed by atoms with Crippen molar-refractivity contribution in [3.05, 3.63) is 0 Å². The maximum atomic E-state index is 11.9. The number of halogens is 2. The van der Waals surface area contributed by atoms with E-state index in [2.05, 4.69) is 12.2 Å². The minimum Gasteiger partial charge on any atom is -0.353 e. The van der Waals surface area contributed by atoms with Crippen LogP contribution in [0.15, 0.2) is 0 Å². The lowest BCUT2D eigenvalue weighted by Crippen LogP contribution is -2.39. The van der Waals surface area contributed by atoms with Crippen molar-refractivity contribution in [1.29, 1.82) is 0 Å². The van der Waals surface area contributed by atoms with E-state index in [-0.39, 0.29) is 11.9 Å². The molecule has 1 aliphatic carbocycles. The van der Waals surface area contributed by atoms with E-state index in [0.29, 0.717) is 6.42 Å². The molecule has 0 aromatic heterocycles. The van der Waals surface area contributed by atoms with Crippen molar-refractivity contribution in [2.75, 3.05) is 0 Å². The Morgan fingerprint density at radius 2 is 2.00 bits per heavy atom. The van der Waals surface area contributed by atoms with Crippen LogP contribution >= 0.6 is 23.2 Å². The Morgan fingerprint density at radius 3 is 2.44 bits per heavy atom. The highest BCUT2D eigenvalue weighted by Crippen LogP contribution is 2.63. The van der Waals surface area contributed by atoms with Crippen LogP contribution in [0, 0.1) is 5.41 Å². The molecule has 1 rings (SSSR count). The molecule has 2 atom stereocenters. The van der Waals surface area contributed by atoms with Gasteiger partial charge in [0.05, 0.1) is 5.41 Å². The van der Waals surface area contributed by atoms with Gasteiger partial charge in [-0.3, -0.25) is 4.79 Å². The molecule has 2 nitrogen and oxygen atoms in total. The summed E-state index contributed by atoms with van der Waals surface area (Å²) in [5, 5.41) is 2.99. The van der Waals surface area contributed by atoms with Crippen molar-refractivity contribution in [2.24, 2.45) is 5.41 Å². The number of amides is 1. The summed E-state index contributed by atoms with van der Waals surface area (Å²) in [6.07, 6.45) is 5.14. The molecule has 4 heteroatoms. The first-order valence-electron chi connectivity index (χ1n) is 6.02. The van der Waals surface area contributed by atoms with Crippen molar-refractivity contribution in [1.82, 2.24) is 5.32 Å². The first kappa shape index (κ1) is 14.1. The Hall–Kier alpha value is 0.0500. The number of nitrogens with one attached hydrogen (secondary N) is 1. The van der Waals surface area contributed by atoms with Crippen molar-refractivity contribution >= 4 is 29.1 Å². The van der Waals surface area contributed by atoms with Crippen LogP contribution in [0.2, 0.25) is 0 Å². The summed E-state index contributed by atoms with van der Waals surface area (Å²) in [4.78, 5) is 11.9.